The summed E-state index contributed by atoms with van der Waals surface area (Å²) in [7, 11) is 0. The zero-order chi connectivity index (χ0) is 28.5. The van der Waals surface area contributed by atoms with Gasteiger partial charge in [-0.15, -0.1) is 11.3 Å². The van der Waals surface area contributed by atoms with Crippen molar-refractivity contribution in [2.24, 2.45) is 0 Å². The smallest absolute Gasteiger partial charge is 0.160 e. The van der Waals surface area contributed by atoms with Crippen molar-refractivity contribution in [3.63, 3.8) is 0 Å². The lowest BCUT2D eigenvalue weighted by Gasteiger charge is -2.24. The van der Waals surface area contributed by atoms with Gasteiger partial charge in [0, 0.05) is 11.4 Å². The Balaban J connectivity index is 1.46. The van der Waals surface area contributed by atoms with Crippen LogP contribution >= 0.6 is 11.3 Å². The molecule has 5 aromatic rings. The van der Waals surface area contributed by atoms with Gasteiger partial charge in [0.25, 0.3) is 0 Å². The topological polar surface area (TPSA) is 20.3 Å². The van der Waals surface area contributed by atoms with E-state index in [9.17, 15) is 4.79 Å². The molecule has 0 radical (unpaired) electrons. The zero-order valence-corrected chi connectivity index (χ0v) is 25.0. The second kappa shape index (κ2) is 10.9. The van der Waals surface area contributed by atoms with E-state index in [1.54, 1.807) is 0 Å². The Morgan fingerprint density at radius 2 is 0.850 bits per heavy atom. The Morgan fingerprint density at radius 3 is 1.15 bits per heavy atom. The van der Waals surface area contributed by atoms with E-state index < -0.39 is 0 Å². The average Bonchev–Trinajstić information content (AvgIpc) is 3.42. The first-order valence-electron chi connectivity index (χ1n) is 13.8. The van der Waals surface area contributed by atoms with Gasteiger partial charge in [-0.2, -0.15) is 0 Å². The second-order valence-electron chi connectivity index (χ2n) is 12.4. The summed E-state index contributed by atoms with van der Waals surface area (Å²) in [5, 5.41) is 1.01. The molecule has 0 amide bonds. The number of aldehydes is 1. The van der Waals surface area contributed by atoms with Crippen LogP contribution < -0.4 is 4.90 Å². The van der Waals surface area contributed by atoms with E-state index in [1.807, 2.05) is 12.1 Å². The summed E-state index contributed by atoms with van der Waals surface area (Å²) in [5.74, 6) is 0. The van der Waals surface area contributed by atoms with E-state index in [0.29, 0.717) is 4.88 Å². The van der Waals surface area contributed by atoms with Gasteiger partial charge in [-0.1, -0.05) is 114 Å². The highest BCUT2D eigenvalue weighted by molar-refractivity contribution is 7.17. The maximum atomic E-state index is 11.5. The fourth-order valence-corrected chi connectivity index (χ4v) is 5.72. The minimum absolute atomic E-state index is 0.134. The highest BCUT2D eigenvalue weighted by atomic mass is 32.1. The quantitative estimate of drug-likeness (QED) is 0.199. The van der Waals surface area contributed by atoms with E-state index in [-0.39, 0.29) is 10.8 Å². The molecule has 0 aliphatic carbocycles. The monoisotopic (exact) mass is 543 g/mol. The molecule has 40 heavy (non-hydrogen) atoms. The number of carbonyl (C=O) groups is 1. The summed E-state index contributed by atoms with van der Waals surface area (Å²) in [6.07, 6.45) is 0.918. The summed E-state index contributed by atoms with van der Waals surface area (Å²) in [6.45, 7) is 13.4. The van der Waals surface area contributed by atoms with Crippen LogP contribution in [-0.2, 0) is 10.8 Å². The van der Waals surface area contributed by atoms with Crippen molar-refractivity contribution in [2.75, 3.05) is 4.90 Å². The summed E-state index contributed by atoms with van der Waals surface area (Å²) in [4.78, 5) is 14.4. The fourth-order valence-electron chi connectivity index (χ4n) is 4.86. The van der Waals surface area contributed by atoms with Gasteiger partial charge in [0.05, 0.1) is 4.88 Å². The molecule has 0 aliphatic heterocycles. The third kappa shape index (κ3) is 5.95. The average molecular weight is 544 g/mol. The summed E-state index contributed by atoms with van der Waals surface area (Å²) < 4.78 is 0. The minimum atomic E-state index is 0.134. The van der Waals surface area contributed by atoms with Crippen LogP contribution in [0.1, 0.15) is 62.3 Å². The molecular weight excluding hydrogens is 506 g/mol. The molecule has 0 fully saturated rings. The van der Waals surface area contributed by atoms with Crippen molar-refractivity contribution < 1.29 is 4.79 Å². The number of carbonyl (C=O) groups excluding carboxylic acids is 1. The van der Waals surface area contributed by atoms with Crippen LogP contribution in [0.3, 0.4) is 0 Å². The van der Waals surface area contributed by atoms with Gasteiger partial charge in [0.1, 0.15) is 5.00 Å². The van der Waals surface area contributed by atoms with Crippen LogP contribution in [0.25, 0.3) is 22.3 Å². The van der Waals surface area contributed by atoms with E-state index >= 15 is 0 Å². The molecule has 2 nitrogen and oxygen atoms in total. The van der Waals surface area contributed by atoms with E-state index in [4.69, 9.17) is 0 Å². The highest BCUT2D eigenvalue weighted by Gasteiger charge is 2.17. The standard InChI is InChI=1S/C37H37NOS/c1-36(2,3)30-15-7-26(8-16-30)28-11-19-32(20-12-28)38(35-24-23-34(25-39)40-35)33-21-13-29(14-22-33)27-9-17-31(18-10-27)37(4,5)6/h7-25H,1-6H3. The van der Waals surface area contributed by atoms with Crippen LogP contribution in [0.4, 0.5) is 16.4 Å². The second-order valence-corrected chi connectivity index (χ2v) is 13.5. The maximum absolute atomic E-state index is 11.5. The van der Waals surface area contributed by atoms with Crippen molar-refractivity contribution in [2.45, 2.75) is 52.4 Å². The Hall–Kier alpha value is -3.95. The summed E-state index contributed by atoms with van der Waals surface area (Å²) in [5.41, 5.74) is 9.79. The third-order valence-corrected chi connectivity index (χ3v) is 8.36. The fraction of sp³-hybridized carbons (Fsp3) is 0.216. The van der Waals surface area contributed by atoms with Crippen LogP contribution in [-0.4, -0.2) is 6.29 Å². The Kier molecular flexibility index (Phi) is 7.53. The first kappa shape index (κ1) is 27.6. The van der Waals surface area contributed by atoms with Crippen molar-refractivity contribution in [3.05, 3.63) is 125 Å². The Labute approximate surface area is 243 Å². The molecule has 0 unspecified atom stereocenters. The zero-order valence-electron chi connectivity index (χ0n) is 24.2. The number of nitrogens with zero attached hydrogens (tertiary/aromatic N) is 1. The number of hydrogen-bond acceptors (Lipinski definition) is 3. The molecule has 0 atom stereocenters. The highest BCUT2D eigenvalue weighted by Crippen LogP contribution is 2.40. The molecule has 1 heterocycles. The Morgan fingerprint density at radius 1 is 0.500 bits per heavy atom. The molecule has 5 rings (SSSR count). The first-order valence-corrected chi connectivity index (χ1v) is 14.6. The van der Waals surface area contributed by atoms with E-state index in [2.05, 4.69) is 144 Å². The molecular formula is C37H37NOS. The van der Waals surface area contributed by atoms with Gasteiger partial charge in [0.15, 0.2) is 6.29 Å². The predicted octanol–water partition coefficient (Wildman–Crippen LogP) is 11.0. The molecule has 0 aliphatic rings. The van der Waals surface area contributed by atoms with E-state index in [0.717, 1.165) is 22.7 Å². The lowest BCUT2D eigenvalue weighted by molar-refractivity contribution is 0.112. The van der Waals surface area contributed by atoms with E-state index in [1.165, 1.54) is 44.7 Å². The number of benzene rings is 4. The predicted molar refractivity (Wildman–Crippen MR) is 173 cm³/mol. The third-order valence-electron chi connectivity index (χ3n) is 7.37. The van der Waals surface area contributed by atoms with Crippen molar-refractivity contribution in [1.29, 1.82) is 0 Å². The Bertz CT molecular complexity index is 1480. The molecule has 0 saturated carbocycles. The largest absolute Gasteiger partial charge is 0.302 e. The number of anilines is 3. The van der Waals surface area contributed by atoms with Gasteiger partial charge >= 0.3 is 0 Å². The SMILES string of the molecule is CC(C)(C)c1ccc(-c2ccc(N(c3ccc(-c4ccc(C(C)(C)C)cc4)cc3)c3ccc(C=O)s3)cc2)cc1. The maximum Gasteiger partial charge on any atom is 0.160 e. The minimum Gasteiger partial charge on any atom is -0.302 e. The van der Waals surface area contributed by atoms with Crippen LogP contribution in [0.15, 0.2) is 109 Å². The first-order chi connectivity index (χ1) is 19.0. The van der Waals surface area contributed by atoms with Gasteiger partial charge in [0.2, 0.25) is 0 Å². The molecule has 4 aromatic carbocycles. The summed E-state index contributed by atoms with van der Waals surface area (Å²) in [6, 6.07) is 38.9. The van der Waals surface area contributed by atoms with Gasteiger partial charge in [-0.05, 0) is 80.6 Å². The van der Waals surface area contributed by atoms with Crippen LogP contribution in [0.2, 0.25) is 0 Å². The lowest BCUT2D eigenvalue weighted by atomic mass is 9.86. The molecule has 1 aromatic heterocycles. The molecule has 0 N–H and O–H groups in total. The molecule has 0 spiro atoms. The molecule has 0 saturated heterocycles. The number of rotatable bonds is 6. The number of thiophene rings is 1. The van der Waals surface area contributed by atoms with Gasteiger partial charge < -0.3 is 4.90 Å². The van der Waals surface area contributed by atoms with Crippen LogP contribution in [0, 0.1) is 0 Å². The van der Waals surface area contributed by atoms with Crippen LogP contribution in [0.5, 0.6) is 0 Å². The number of hydrogen-bond donors (Lipinski definition) is 0. The normalized spacial score (nSPS) is 11.8. The lowest BCUT2D eigenvalue weighted by Crippen LogP contribution is -2.10. The van der Waals surface area contributed by atoms with Crippen molar-refractivity contribution >= 4 is 34.0 Å². The van der Waals surface area contributed by atoms with Gasteiger partial charge in [-0.25, -0.2) is 0 Å². The van der Waals surface area contributed by atoms with Gasteiger partial charge in [-0.3, -0.25) is 4.79 Å². The van der Waals surface area contributed by atoms with Crippen molar-refractivity contribution in [3.8, 4) is 22.3 Å². The molecule has 202 valence electrons. The summed E-state index contributed by atoms with van der Waals surface area (Å²) >= 11 is 1.50. The molecule has 0 bridgehead atoms. The van der Waals surface area contributed by atoms with Crippen molar-refractivity contribution in [1.82, 2.24) is 0 Å². The molecule has 3 heteroatoms.